The second-order valence-electron chi connectivity index (χ2n) is 4.01. The van der Waals surface area contributed by atoms with Gasteiger partial charge in [-0.1, -0.05) is 12.7 Å². The Morgan fingerprint density at radius 1 is 1.58 bits per heavy atom. The molecule has 1 heterocycles. The highest BCUT2D eigenvalue weighted by molar-refractivity contribution is 5.98. The van der Waals surface area contributed by atoms with Crippen LogP contribution in [0.5, 0.6) is 0 Å². The molecule has 1 amide bonds. The lowest BCUT2D eigenvalue weighted by atomic mass is 10.2. The smallest absolute Gasteiger partial charge is 0.416 e. The van der Waals surface area contributed by atoms with Crippen LogP contribution in [0.15, 0.2) is 31.0 Å². The van der Waals surface area contributed by atoms with Crippen molar-refractivity contribution in [1.82, 2.24) is 4.98 Å². The highest BCUT2D eigenvalue weighted by Crippen LogP contribution is 2.20. The van der Waals surface area contributed by atoms with Gasteiger partial charge in [0, 0.05) is 12.2 Å². The summed E-state index contributed by atoms with van der Waals surface area (Å²) in [6, 6.07) is 2.60. The van der Waals surface area contributed by atoms with Gasteiger partial charge in [0.15, 0.2) is 5.82 Å². The van der Waals surface area contributed by atoms with Crippen molar-refractivity contribution in [2.24, 2.45) is 0 Å². The number of rotatable bonds is 5. The van der Waals surface area contributed by atoms with Crippen LogP contribution in [-0.4, -0.2) is 34.8 Å². The number of carboxylic acid groups (broad SMARTS) is 1. The van der Waals surface area contributed by atoms with Gasteiger partial charge in [-0.3, -0.25) is 4.90 Å². The lowest BCUT2D eigenvalue weighted by Crippen LogP contribution is -2.39. The number of carboxylic acids is 1. The van der Waals surface area contributed by atoms with Gasteiger partial charge in [0.25, 0.3) is 0 Å². The van der Waals surface area contributed by atoms with Gasteiger partial charge >= 0.3 is 12.1 Å². The monoisotopic (exact) mass is 264 g/mol. The first-order valence-electron chi connectivity index (χ1n) is 5.74. The minimum atomic E-state index is -1.15. The molecule has 0 atom stereocenters. The van der Waals surface area contributed by atoms with E-state index in [1.165, 1.54) is 29.3 Å². The summed E-state index contributed by atoms with van der Waals surface area (Å²) in [5.74, 6) is -1.08. The van der Waals surface area contributed by atoms with Gasteiger partial charge in [0.2, 0.25) is 0 Å². The number of anilines is 1. The molecule has 0 aliphatic rings. The van der Waals surface area contributed by atoms with Crippen LogP contribution < -0.4 is 4.90 Å². The average Bonchev–Trinajstić information content (AvgIpc) is 2.36. The topological polar surface area (TPSA) is 79.7 Å². The van der Waals surface area contributed by atoms with Crippen molar-refractivity contribution in [3.05, 3.63) is 36.5 Å². The maximum absolute atomic E-state index is 11.9. The molecule has 0 unspecified atom stereocenters. The van der Waals surface area contributed by atoms with Gasteiger partial charge < -0.3 is 9.84 Å². The second kappa shape index (κ2) is 6.53. The molecule has 0 aliphatic heterocycles. The Morgan fingerprint density at radius 3 is 2.79 bits per heavy atom. The van der Waals surface area contributed by atoms with Crippen LogP contribution in [0.3, 0.4) is 0 Å². The Balaban J connectivity index is 3.16. The number of amides is 1. The average molecular weight is 264 g/mol. The molecule has 0 saturated heterocycles. The van der Waals surface area contributed by atoms with E-state index in [-0.39, 0.29) is 24.0 Å². The maximum Gasteiger partial charge on any atom is 0.416 e. The van der Waals surface area contributed by atoms with Gasteiger partial charge in [0.1, 0.15) is 12.2 Å². The molecular formula is C13H16N2O4. The number of hydrogen-bond acceptors (Lipinski definition) is 4. The molecule has 0 aromatic carbocycles. The minimum Gasteiger partial charge on any atom is -0.478 e. The lowest BCUT2D eigenvalue weighted by molar-refractivity contribution is 0.0697. The summed E-state index contributed by atoms with van der Waals surface area (Å²) in [6.07, 6.45) is 2.21. The molecule has 0 radical (unpaired) electrons. The first-order chi connectivity index (χ1) is 8.99. The van der Waals surface area contributed by atoms with E-state index in [0.29, 0.717) is 0 Å². The summed E-state index contributed by atoms with van der Waals surface area (Å²) in [4.78, 5) is 28.3. The molecule has 6 nitrogen and oxygen atoms in total. The zero-order chi connectivity index (χ0) is 14.4. The van der Waals surface area contributed by atoms with E-state index in [1.54, 1.807) is 13.8 Å². The van der Waals surface area contributed by atoms with Gasteiger partial charge in [-0.25, -0.2) is 14.6 Å². The summed E-state index contributed by atoms with van der Waals surface area (Å²) in [6.45, 7) is 6.99. The van der Waals surface area contributed by atoms with Gasteiger partial charge in [-0.2, -0.15) is 0 Å². The van der Waals surface area contributed by atoms with Crippen LogP contribution in [0.25, 0.3) is 0 Å². The van der Waals surface area contributed by atoms with Crippen molar-refractivity contribution in [3.8, 4) is 0 Å². The van der Waals surface area contributed by atoms with Gasteiger partial charge in [0.05, 0.1) is 0 Å². The summed E-state index contributed by atoms with van der Waals surface area (Å²) < 4.78 is 4.94. The van der Waals surface area contributed by atoms with Crippen LogP contribution in [0, 0.1) is 0 Å². The van der Waals surface area contributed by atoms with E-state index >= 15 is 0 Å². The van der Waals surface area contributed by atoms with Crippen LogP contribution in [0.1, 0.15) is 24.2 Å². The van der Waals surface area contributed by atoms with Gasteiger partial charge in [-0.15, -0.1) is 0 Å². The number of carbonyl (C=O) groups excluding carboxylic acids is 1. The Bertz CT molecular complexity index is 485. The fraction of sp³-hybridized carbons (Fsp3) is 0.308. The minimum absolute atomic E-state index is 0.0493. The number of ether oxygens (including phenoxy) is 1. The highest BCUT2D eigenvalue weighted by Gasteiger charge is 2.26. The van der Waals surface area contributed by atoms with Crippen LogP contribution in [0.4, 0.5) is 10.6 Å². The van der Waals surface area contributed by atoms with Gasteiger partial charge in [-0.05, 0) is 26.0 Å². The molecule has 0 fully saturated rings. The molecule has 19 heavy (non-hydrogen) atoms. The maximum atomic E-state index is 11.9. The molecule has 1 aromatic heterocycles. The number of hydrogen-bond donors (Lipinski definition) is 1. The Hall–Kier alpha value is -2.37. The molecule has 0 bridgehead atoms. The van der Waals surface area contributed by atoms with Crippen LogP contribution in [-0.2, 0) is 4.74 Å². The number of carbonyl (C=O) groups is 2. The second-order valence-corrected chi connectivity index (χ2v) is 4.01. The Kier molecular flexibility index (Phi) is 5.05. The van der Waals surface area contributed by atoms with Crippen molar-refractivity contribution in [2.75, 3.05) is 11.5 Å². The highest BCUT2D eigenvalue weighted by atomic mass is 16.6. The molecule has 0 spiro atoms. The molecule has 0 saturated carbocycles. The summed E-state index contributed by atoms with van der Waals surface area (Å²) in [5.41, 5.74) is -0.0493. The fourth-order valence-electron chi connectivity index (χ4n) is 1.50. The number of aromatic nitrogens is 1. The molecule has 0 aliphatic carbocycles. The number of nitrogens with zero attached hydrogens (tertiary/aromatic N) is 2. The zero-order valence-corrected chi connectivity index (χ0v) is 10.9. The van der Waals surface area contributed by atoms with Crippen molar-refractivity contribution in [1.29, 1.82) is 0 Å². The predicted octanol–water partition coefficient (Wildman–Crippen LogP) is 2.32. The van der Waals surface area contributed by atoms with E-state index in [9.17, 15) is 9.59 Å². The van der Waals surface area contributed by atoms with Crippen molar-refractivity contribution >= 4 is 17.9 Å². The summed E-state index contributed by atoms with van der Waals surface area (Å²) >= 11 is 0. The van der Waals surface area contributed by atoms with Crippen molar-refractivity contribution in [2.45, 2.75) is 19.9 Å². The normalized spacial score (nSPS) is 10.1. The third-order valence-electron chi connectivity index (χ3n) is 2.28. The third kappa shape index (κ3) is 3.54. The number of pyridine rings is 1. The molecular weight excluding hydrogens is 248 g/mol. The summed E-state index contributed by atoms with van der Waals surface area (Å²) in [5, 5.41) is 9.12. The SMILES string of the molecule is C=CCOC(=O)N(c1ncccc1C(=O)O)C(C)C. The van der Waals surface area contributed by atoms with Crippen molar-refractivity contribution in [3.63, 3.8) is 0 Å². The van der Waals surface area contributed by atoms with E-state index in [4.69, 9.17) is 9.84 Å². The standard InChI is InChI=1S/C13H16N2O4/c1-4-8-19-13(18)15(9(2)3)11-10(12(16)17)6-5-7-14-11/h4-7,9H,1,8H2,2-3H3,(H,16,17). The molecule has 1 rings (SSSR count). The quantitative estimate of drug-likeness (QED) is 0.825. The van der Waals surface area contributed by atoms with E-state index in [0.717, 1.165) is 0 Å². The van der Waals surface area contributed by atoms with Crippen LogP contribution in [0.2, 0.25) is 0 Å². The summed E-state index contributed by atoms with van der Waals surface area (Å²) in [7, 11) is 0. The Morgan fingerprint density at radius 2 is 2.26 bits per heavy atom. The van der Waals surface area contributed by atoms with E-state index < -0.39 is 12.1 Å². The fourth-order valence-corrected chi connectivity index (χ4v) is 1.50. The molecule has 1 N–H and O–H groups in total. The number of aromatic carboxylic acids is 1. The third-order valence-corrected chi connectivity index (χ3v) is 2.28. The molecule has 102 valence electrons. The van der Waals surface area contributed by atoms with E-state index in [1.807, 2.05) is 0 Å². The first-order valence-corrected chi connectivity index (χ1v) is 5.74. The van der Waals surface area contributed by atoms with Crippen molar-refractivity contribution < 1.29 is 19.4 Å². The molecule has 6 heteroatoms. The van der Waals surface area contributed by atoms with E-state index in [2.05, 4.69) is 11.6 Å². The lowest BCUT2D eigenvalue weighted by Gasteiger charge is -2.25. The first kappa shape index (κ1) is 14.7. The molecule has 1 aromatic rings. The van der Waals surface area contributed by atoms with Crippen LogP contribution >= 0.6 is 0 Å². The predicted molar refractivity (Wildman–Crippen MR) is 70.4 cm³/mol. The Labute approximate surface area is 111 Å². The zero-order valence-electron chi connectivity index (χ0n) is 10.9. The largest absolute Gasteiger partial charge is 0.478 e.